The number of carbonyl (C=O) groups excluding carboxylic acids is 2. The monoisotopic (exact) mass is 442 g/mol. The fourth-order valence-electron chi connectivity index (χ4n) is 3.97. The van der Waals surface area contributed by atoms with E-state index in [-0.39, 0.29) is 11.5 Å². The number of imide groups is 1. The molecule has 0 spiro atoms. The molecule has 31 heavy (non-hydrogen) atoms. The van der Waals surface area contributed by atoms with Gasteiger partial charge in [-0.1, -0.05) is 66.9 Å². The lowest BCUT2D eigenvalue weighted by Crippen LogP contribution is -2.33. The van der Waals surface area contributed by atoms with Crippen LogP contribution in [-0.4, -0.2) is 30.6 Å². The molecule has 0 fully saturated rings. The Morgan fingerprint density at radius 3 is 2.55 bits per heavy atom. The van der Waals surface area contributed by atoms with E-state index in [4.69, 9.17) is 16.3 Å². The number of benzene rings is 2. The molecular weight excluding hydrogens is 420 g/mol. The van der Waals surface area contributed by atoms with Gasteiger partial charge in [0.1, 0.15) is 0 Å². The van der Waals surface area contributed by atoms with Crippen molar-refractivity contribution in [1.82, 2.24) is 0 Å². The first-order chi connectivity index (χ1) is 14.9. The molecule has 0 aliphatic carbocycles. The number of ether oxygens (including phenoxy) is 1. The molecule has 0 N–H and O–H groups in total. The maximum Gasteiger partial charge on any atom is 0.421 e. The fraction of sp³-hybridized carbons (Fsp3) is 0.304. The topological polar surface area (TPSA) is 89.8 Å². The molecule has 0 saturated carbocycles. The van der Waals surface area contributed by atoms with Gasteiger partial charge in [-0.05, 0) is 30.5 Å². The van der Waals surface area contributed by atoms with Gasteiger partial charge < -0.3 is 4.74 Å². The normalized spacial score (nSPS) is 15.5. The number of hydrogen-bond acceptors (Lipinski definition) is 5. The lowest BCUT2D eigenvalue weighted by Gasteiger charge is -2.18. The van der Waals surface area contributed by atoms with Gasteiger partial charge in [-0.15, -0.1) is 0 Å². The average Bonchev–Trinajstić information content (AvgIpc) is 3.03. The number of amides is 2. The van der Waals surface area contributed by atoms with Crippen LogP contribution < -0.4 is 4.90 Å². The first-order valence-corrected chi connectivity index (χ1v) is 10.4. The minimum Gasteiger partial charge on any atom is -0.452 e. The van der Waals surface area contributed by atoms with E-state index < -0.39 is 17.9 Å². The smallest absolute Gasteiger partial charge is 0.421 e. The van der Waals surface area contributed by atoms with Gasteiger partial charge in [-0.2, -0.15) is 0 Å². The van der Waals surface area contributed by atoms with Gasteiger partial charge in [-0.25, -0.2) is 9.69 Å². The molecule has 7 nitrogen and oxygen atoms in total. The summed E-state index contributed by atoms with van der Waals surface area (Å²) in [5.74, 6) is -0.901. The summed E-state index contributed by atoms with van der Waals surface area (Å²) in [5, 5.41) is 11.7. The van der Waals surface area contributed by atoms with Crippen LogP contribution in [0.1, 0.15) is 43.2 Å². The number of fused-ring (bicyclic) bond motifs is 1. The molecule has 0 aromatic heterocycles. The Balaban J connectivity index is 2.13. The van der Waals surface area contributed by atoms with E-state index in [2.05, 4.69) is 0 Å². The van der Waals surface area contributed by atoms with Crippen molar-refractivity contribution >= 4 is 34.9 Å². The number of allylic oxidation sites excluding steroid dienone is 1. The van der Waals surface area contributed by atoms with Crippen molar-refractivity contribution in [3.63, 3.8) is 0 Å². The summed E-state index contributed by atoms with van der Waals surface area (Å²) in [4.78, 5) is 37.7. The van der Waals surface area contributed by atoms with E-state index >= 15 is 0 Å². The largest absolute Gasteiger partial charge is 0.452 e. The summed E-state index contributed by atoms with van der Waals surface area (Å²) in [5.41, 5.74) is 2.94. The van der Waals surface area contributed by atoms with Crippen LogP contribution in [0.25, 0.3) is 5.57 Å². The molecule has 2 amide bonds. The summed E-state index contributed by atoms with van der Waals surface area (Å²) in [6.45, 7) is 1.72. The van der Waals surface area contributed by atoms with E-state index in [1.54, 1.807) is 18.2 Å². The van der Waals surface area contributed by atoms with Gasteiger partial charge in [-0.3, -0.25) is 14.9 Å². The second kappa shape index (κ2) is 9.75. The van der Waals surface area contributed by atoms with Gasteiger partial charge in [0, 0.05) is 21.1 Å². The fourth-order valence-corrected chi connectivity index (χ4v) is 4.14. The SMILES string of the molecule is CCC/C(C[C@@H](C[N+](=O)[O-])c1ccccc1)=C1/C(=O)N(C(=O)OC)c2cc(Cl)ccc21. The highest BCUT2D eigenvalue weighted by Gasteiger charge is 2.39. The minimum atomic E-state index is -0.802. The third kappa shape index (κ3) is 4.77. The number of halogens is 1. The van der Waals surface area contributed by atoms with E-state index in [9.17, 15) is 19.7 Å². The third-order valence-electron chi connectivity index (χ3n) is 5.28. The number of methoxy groups -OCH3 is 1. The maximum atomic E-state index is 13.3. The van der Waals surface area contributed by atoms with Crippen molar-refractivity contribution in [2.24, 2.45) is 0 Å². The summed E-state index contributed by atoms with van der Waals surface area (Å²) >= 11 is 6.11. The zero-order valence-corrected chi connectivity index (χ0v) is 18.1. The van der Waals surface area contributed by atoms with Gasteiger partial charge in [0.2, 0.25) is 6.54 Å². The number of carbonyl (C=O) groups is 2. The van der Waals surface area contributed by atoms with Crippen LogP contribution in [-0.2, 0) is 9.53 Å². The molecular formula is C23H23ClN2O5. The highest BCUT2D eigenvalue weighted by Crippen LogP contribution is 2.43. The van der Waals surface area contributed by atoms with Crippen LogP contribution in [0, 0.1) is 10.1 Å². The van der Waals surface area contributed by atoms with Crippen molar-refractivity contribution in [2.45, 2.75) is 32.1 Å². The van der Waals surface area contributed by atoms with Crippen molar-refractivity contribution in [2.75, 3.05) is 18.6 Å². The number of nitro groups is 1. The van der Waals surface area contributed by atoms with Crippen molar-refractivity contribution in [3.8, 4) is 0 Å². The number of rotatable bonds is 7. The van der Waals surface area contributed by atoms with Gasteiger partial charge in [0.05, 0.1) is 18.7 Å². The van der Waals surface area contributed by atoms with Crippen molar-refractivity contribution in [1.29, 1.82) is 0 Å². The highest BCUT2D eigenvalue weighted by molar-refractivity contribution is 6.40. The predicted molar refractivity (Wildman–Crippen MR) is 119 cm³/mol. The van der Waals surface area contributed by atoms with E-state index in [1.165, 1.54) is 7.11 Å². The molecule has 162 valence electrons. The number of anilines is 1. The van der Waals surface area contributed by atoms with Crippen LogP contribution >= 0.6 is 11.6 Å². The zero-order valence-electron chi connectivity index (χ0n) is 17.3. The summed E-state index contributed by atoms with van der Waals surface area (Å²) in [6, 6.07) is 14.2. The molecule has 0 bridgehead atoms. The Morgan fingerprint density at radius 2 is 1.94 bits per heavy atom. The van der Waals surface area contributed by atoms with E-state index in [0.29, 0.717) is 34.7 Å². The molecule has 3 rings (SSSR count). The first kappa shape index (κ1) is 22.5. The quantitative estimate of drug-likeness (QED) is 0.322. The molecule has 8 heteroatoms. The predicted octanol–water partition coefficient (Wildman–Crippen LogP) is 5.46. The van der Waals surface area contributed by atoms with Crippen molar-refractivity contribution < 1.29 is 19.2 Å². The van der Waals surface area contributed by atoms with Crippen LogP contribution in [0.15, 0.2) is 54.1 Å². The molecule has 1 aliphatic heterocycles. The van der Waals surface area contributed by atoms with E-state index in [1.807, 2.05) is 37.3 Å². The summed E-state index contributed by atoms with van der Waals surface area (Å²) in [7, 11) is 1.21. The summed E-state index contributed by atoms with van der Waals surface area (Å²) in [6.07, 6.45) is 0.841. The molecule has 0 saturated heterocycles. The molecule has 0 radical (unpaired) electrons. The zero-order chi connectivity index (χ0) is 22.5. The Morgan fingerprint density at radius 1 is 1.23 bits per heavy atom. The van der Waals surface area contributed by atoms with Crippen molar-refractivity contribution in [3.05, 3.63) is 80.4 Å². The number of hydrogen-bond donors (Lipinski definition) is 0. The third-order valence-corrected chi connectivity index (χ3v) is 5.52. The van der Waals surface area contributed by atoms with E-state index in [0.717, 1.165) is 22.5 Å². The Kier molecular flexibility index (Phi) is 7.07. The van der Waals surface area contributed by atoms with Crippen LogP contribution in [0.4, 0.5) is 10.5 Å². The lowest BCUT2D eigenvalue weighted by atomic mass is 9.86. The van der Waals surface area contributed by atoms with Gasteiger partial charge in [0.25, 0.3) is 5.91 Å². The Hall–Kier alpha value is -3.19. The second-order valence-corrected chi connectivity index (χ2v) is 7.76. The molecule has 1 atom stereocenters. The number of nitrogens with zero attached hydrogens (tertiary/aromatic N) is 2. The molecule has 2 aromatic rings. The second-order valence-electron chi connectivity index (χ2n) is 7.33. The molecule has 0 unspecified atom stereocenters. The first-order valence-electron chi connectivity index (χ1n) is 9.98. The van der Waals surface area contributed by atoms with Crippen LogP contribution in [0.3, 0.4) is 0 Å². The highest BCUT2D eigenvalue weighted by atomic mass is 35.5. The summed E-state index contributed by atoms with van der Waals surface area (Å²) < 4.78 is 4.80. The molecule has 1 heterocycles. The van der Waals surface area contributed by atoms with Gasteiger partial charge in [0.15, 0.2) is 0 Å². The lowest BCUT2D eigenvalue weighted by molar-refractivity contribution is -0.483. The van der Waals surface area contributed by atoms with Gasteiger partial charge >= 0.3 is 6.09 Å². The average molecular weight is 443 g/mol. The maximum absolute atomic E-state index is 13.3. The Bertz CT molecular complexity index is 1040. The molecule has 1 aliphatic rings. The standard InChI is InChI=1S/C23H23ClN2O5/c1-3-7-16(12-17(14-25(29)30)15-8-5-4-6-9-15)21-19-11-10-18(24)13-20(19)26(22(21)27)23(28)31-2/h4-6,8-11,13,17H,3,7,12,14H2,1-2H3/b21-16-/t17-/m0/s1. The Labute approximate surface area is 185 Å². The van der Waals surface area contributed by atoms with Crippen LogP contribution in [0.5, 0.6) is 0 Å². The van der Waals surface area contributed by atoms with Crippen LogP contribution in [0.2, 0.25) is 5.02 Å². The minimum absolute atomic E-state index is 0.257. The molecule has 2 aromatic carbocycles.